The minimum absolute atomic E-state index is 0.234. The largest absolute Gasteiger partial charge is 0.295 e. The highest BCUT2D eigenvalue weighted by Gasteiger charge is 2.13. The molecule has 0 saturated heterocycles. The Morgan fingerprint density at radius 3 is 2.38 bits per heavy atom. The minimum atomic E-state index is 0.234. The molecular weight excluding hydrogens is 160 g/mol. The van der Waals surface area contributed by atoms with Gasteiger partial charge in [0.1, 0.15) is 0 Å². The van der Waals surface area contributed by atoms with Crippen LogP contribution in [0.15, 0.2) is 12.7 Å². The van der Waals surface area contributed by atoms with E-state index in [2.05, 4.69) is 20.4 Å². The first-order valence-electron chi connectivity index (χ1n) is 5.42. The van der Waals surface area contributed by atoms with Crippen LogP contribution < -0.4 is 0 Å². The summed E-state index contributed by atoms with van der Waals surface area (Å²) in [4.78, 5) is 11.4. The molecule has 76 valence electrons. The monoisotopic (exact) mass is 182 g/mol. The van der Waals surface area contributed by atoms with Crippen LogP contribution in [0.25, 0.3) is 0 Å². The molecule has 0 N–H and O–H groups in total. The molecule has 0 amide bonds. The van der Waals surface area contributed by atoms with Crippen LogP contribution in [0, 0.1) is 5.92 Å². The summed E-state index contributed by atoms with van der Waals surface area (Å²) >= 11 is 0. The van der Waals surface area contributed by atoms with Gasteiger partial charge in [0.05, 0.1) is 0 Å². The molecule has 0 aromatic heterocycles. The number of hydrogen-bond donors (Lipinski definition) is 0. The Morgan fingerprint density at radius 1 is 1.23 bits per heavy atom. The van der Waals surface area contributed by atoms with Crippen LogP contribution in [-0.2, 0) is 4.79 Å². The predicted molar refractivity (Wildman–Crippen MR) is 57.7 cm³/mol. The van der Waals surface area contributed by atoms with Crippen molar-refractivity contribution in [2.24, 2.45) is 5.92 Å². The Hall–Kier alpha value is -0.590. The maximum Gasteiger partial charge on any atom is 0.158 e. The van der Waals surface area contributed by atoms with Gasteiger partial charge in [-0.2, -0.15) is 0 Å². The lowest BCUT2D eigenvalue weighted by Crippen LogP contribution is -2.11. The summed E-state index contributed by atoms with van der Waals surface area (Å²) in [7, 11) is 0. The van der Waals surface area contributed by atoms with Crippen LogP contribution in [0.1, 0.15) is 52.4 Å². The molecule has 0 rings (SSSR count). The lowest BCUT2D eigenvalue weighted by Gasteiger charge is -2.11. The average molecular weight is 182 g/mol. The first-order valence-corrected chi connectivity index (χ1v) is 5.42. The lowest BCUT2D eigenvalue weighted by atomic mass is 9.92. The van der Waals surface area contributed by atoms with Gasteiger partial charge in [-0.1, -0.05) is 46.1 Å². The summed E-state index contributed by atoms with van der Waals surface area (Å²) in [6.45, 7) is 7.86. The van der Waals surface area contributed by atoms with E-state index in [1.54, 1.807) is 0 Å². The van der Waals surface area contributed by atoms with E-state index in [0.29, 0.717) is 0 Å². The maximum absolute atomic E-state index is 11.4. The Balaban J connectivity index is 3.79. The van der Waals surface area contributed by atoms with Crippen molar-refractivity contribution in [3.63, 3.8) is 0 Å². The SMILES string of the molecule is C=CC(=O)C(CCC)CCCCC. The molecule has 1 atom stereocenters. The first kappa shape index (κ1) is 12.4. The fourth-order valence-electron chi connectivity index (χ4n) is 1.58. The lowest BCUT2D eigenvalue weighted by molar-refractivity contribution is -0.118. The highest BCUT2D eigenvalue weighted by atomic mass is 16.1. The van der Waals surface area contributed by atoms with Gasteiger partial charge in [0.25, 0.3) is 0 Å². The molecule has 0 aromatic carbocycles. The zero-order valence-electron chi connectivity index (χ0n) is 9.01. The molecule has 0 saturated carbocycles. The first-order chi connectivity index (χ1) is 6.26. The zero-order valence-corrected chi connectivity index (χ0v) is 9.01. The standard InChI is InChI=1S/C12H22O/c1-4-7-8-10-11(9-5-2)12(13)6-3/h6,11H,3-5,7-10H2,1-2H3. The number of carbonyl (C=O) groups excluding carboxylic acids is 1. The number of hydrogen-bond acceptors (Lipinski definition) is 1. The van der Waals surface area contributed by atoms with E-state index in [1.165, 1.54) is 25.3 Å². The van der Waals surface area contributed by atoms with Gasteiger partial charge in [-0.05, 0) is 18.9 Å². The van der Waals surface area contributed by atoms with Crippen molar-refractivity contribution >= 4 is 5.78 Å². The molecule has 0 aromatic rings. The van der Waals surface area contributed by atoms with E-state index in [1.807, 2.05) is 0 Å². The third-order valence-electron chi connectivity index (χ3n) is 2.40. The molecule has 0 spiro atoms. The Labute approximate surface area is 82.2 Å². The van der Waals surface area contributed by atoms with Gasteiger partial charge in [-0.25, -0.2) is 0 Å². The van der Waals surface area contributed by atoms with Crippen LogP contribution in [0.5, 0.6) is 0 Å². The molecular formula is C12H22O. The summed E-state index contributed by atoms with van der Waals surface area (Å²) < 4.78 is 0. The fraction of sp³-hybridized carbons (Fsp3) is 0.750. The molecule has 13 heavy (non-hydrogen) atoms. The van der Waals surface area contributed by atoms with E-state index in [4.69, 9.17) is 0 Å². The predicted octanol–water partition coefficient (Wildman–Crippen LogP) is 3.74. The maximum atomic E-state index is 11.4. The summed E-state index contributed by atoms with van der Waals surface area (Å²) in [6.07, 6.45) is 8.29. The zero-order chi connectivity index (χ0) is 10.1. The Morgan fingerprint density at radius 2 is 1.92 bits per heavy atom. The molecule has 0 aliphatic carbocycles. The van der Waals surface area contributed by atoms with Crippen molar-refractivity contribution in [1.82, 2.24) is 0 Å². The van der Waals surface area contributed by atoms with Crippen LogP contribution in [0.3, 0.4) is 0 Å². The van der Waals surface area contributed by atoms with Crippen molar-refractivity contribution in [2.45, 2.75) is 52.4 Å². The summed E-state index contributed by atoms with van der Waals surface area (Å²) in [5.41, 5.74) is 0. The number of allylic oxidation sites excluding steroid dienone is 1. The minimum Gasteiger partial charge on any atom is -0.295 e. The normalized spacial score (nSPS) is 12.5. The van der Waals surface area contributed by atoms with Gasteiger partial charge in [-0.3, -0.25) is 4.79 Å². The van der Waals surface area contributed by atoms with Gasteiger partial charge in [0, 0.05) is 5.92 Å². The molecule has 0 heterocycles. The van der Waals surface area contributed by atoms with Gasteiger partial charge < -0.3 is 0 Å². The van der Waals surface area contributed by atoms with E-state index in [0.717, 1.165) is 19.3 Å². The van der Waals surface area contributed by atoms with Crippen molar-refractivity contribution in [1.29, 1.82) is 0 Å². The van der Waals surface area contributed by atoms with Gasteiger partial charge in [-0.15, -0.1) is 0 Å². The highest BCUT2D eigenvalue weighted by Crippen LogP contribution is 2.16. The second kappa shape index (κ2) is 8.03. The van der Waals surface area contributed by atoms with Crippen molar-refractivity contribution in [2.75, 3.05) is 0 Å². The fourth-order valence-corrected chi connectivity index (χ4v) is 1.58. The molecule has 1 unspecified atom stereocenters. The van der Waals surface area contributed by atoms with E-state index < -0.39 is 0 Å². The number of ketones is 1. The molecule has 0 aliphatic heterocycles. The second-order valence-electron chi connectivity index (χ2n) is 3.59. The second-order valence-corrected chi connectivity index (χ2v) is 3.59. The van der Waals surface area contributed by atoms with E-state index >= 15 is 0 Å². The summed E-state index contributed by atoms with van der Waals surface area (Å²) in [6, 6.07) is 0. The molecule has 1 nitrogen and oxygen atoms in total. The third-order valence-corrected chi connectivity index (χ3v) is 2.40. The van der Waals surface area contributed by atoms with E-state index in [9.17, 15) is 4.79 Å². The highest BCUT2D eigenvalue weighted by molar-refractivity contribution is 5.91. The van der Waals surface area contributed by atoms with Crippen molar-refractivity contribution in [3.8, 4) is 0 Å². The van der Waals surface area contributed by atoms with Gasteiger partial charge in [0.2, 0.25) is 0 Å². The van der Waals surface area contributed by atoms with E-state index in [-0.39, 0.29) is 11.7 Å². The third kappa shape index (κ3) is 5.62. The topological polar surface area (TPSA) is 17.1 Å². The number of unbranched alkanes of at least 4 members (excludes halogenated alkanes) is 2. The van der Waals surface area contributed by atoms with Gasteiger partial charge in [0.15, 0.2) is 5.78 Å². The van der Waals surface area contributed by atoms with Crippen LogP contribution in [0.2, 0.25) is 0 Å². The van der Waals surface area contributed by atoms with Gasteiger partial charge >= 0.3 is 0 Å². The van der Waals surface area contributed by atoms with Crippen LogP contribution in [0.4, 0.5) is 0 Å². The summed E-state index contributed by atoms with van der Waals surface area (Å²) in [5, 5.41) is 0. The Kier molecular flexibility index (Phi) is 7.66. The smallest absolute Gasteiger partial charge is 0.158 e. The molecule has 0 fully saturated rings. The molecule has 1 heteroatoms. The number of rotatable bonds is 8. The van der Waals surface area contributed by atoms with Crippen LogP contribution >= 0.6 is 0 Å². The van der Waals surface area contributed by atoms with Crippen molar-refractivity contribution < 1.29 is 4.79 Å². The molecule has 0 radical (unpaired) electrons. The molecule has 0 aliphatic rings. The van der Waals surface area contributed by atoms with Crippen LogP contribution in [-0.4, -0.2) is 5.78 Å². The number of carbonyl (C=O) groups is 1. The average Bonchev–Trinajstić information content (AvgIpc) is 2.16. The quantitative estimate of drug-likeness (QED) is 0.413. The summed E-state index contributed by atoms with van der Waals surface area (Å²) in [5.74, 6) is 0.479. The van der Waals surface area contributed by atoms with Crippen molar-refractivity contribution in [3.05, 3.63) is 12.7 Å². The molecule has 0 bridgehead atoms. The Bertz CT molecular complexity index is 149.